The topological polar surface area (TPSA) is 15.3 Å². The summed E-state index contributed by atoms with van der Waals surface area (Å²) in [6, 6.07) is 6.40. The molecule has 1 aromatic rings. The molecule has 1 aromatic carbocycles. The maximum atomic E-state index is 6.32. The highest BCUT2D eigenvalue weighted by atomic mass is 79.9. The molecule has 4 heteroatoms. The van der Waals surface area contributed by atoms with Gasteiger partial charge in [0, 0.05) is 22.1 Å². The molecule has 1 aliphatic heterocycles. The van der Waals surface area contributed by atoms with Gasteiger partial charge in [-0.3, -0.25) is 0 Å². The van der Waals surface area contributed by atoms with E-state index < -0.39 is 0 Å². The molecule has 0 radical (unpaired) electrons. The first-order valence-electron chi connectivity index (χ1n) is 7.97. The van der Waals surface area contributed by atoms with Gasteiger partial charge in [0.2, 0.25) is 0 Å². The first-order chi connectivity index (χ1) is 10.1. The number of hydrogen-bond acceptors (Lipinski definition) is 2. The SMILES string of the molecule is CC(CNC(C)c1ccc(Br)cc1Cl)CN1CCCCC1. The lowest BCUT2D eigenvalue weighted by atomic mass is 10.1. The van der Waals surface area contributed by atoms with Gasteiger partial charge >= 0.3 is 0 Å². The number of nitrogens with zero attached hydrogens (tertiary/aromatic N) is 1. The van der Waals surface area contributed by atoms with Crippen LogP contribution >= 0.6 is 27.5 Å². The van der Waals surface area contributed by atoms with Crippen molar-refractivity contribution in [2.45, 2.75) is 39.2 Å². The minimum absolute atomic E-state index is 0.286. The highest BCUT2D eigenvalue weighted by molar-refractivity contribution is 9.10. The summed E-state index contributed by atoms with van der Waals surface area (Å²) in [4.78, 5) is 2.60. The van der Waals surface area contributed by atoms with E-state index in [1.54, 1.807) is 0 Å². The molecule has 1 fully saturated rings. The normalized spacial score (nSPS) is 19.4. The van der Waals surface area contributed by atoms with Gasteiger partial charge in [0.25, 0.3) is 0 Å². The van der Waals surface area contributed by atoms with Crippen LogP contribution in [-0.4, -0.2) is 31.1 Å². The van der Waals surface area contributed by atoms with Gasteiger partial charge in [-0.2, -0.15) is 0 Å². The van der Waals surface area contributed by atoms with E-state index in [0.717, 1.165) is 16.0 Å². The Morgan fingerprint density at radius 1 is 1.24 bits per heavy atom. The van der Waals surface area contributed by atoms with Crippen LogP contribution in [-0.2, 0) is 0 Å². The van der Waals surface area contributed by atoms with Crippen LogP contribution in [0, 0.1) is 5.92 Å². The standard InChI is InChI=1S/C17H26BrClN2/c1-13(12-21-8-4-3-5-9-21)11-20-14(2)16-7-6-15(18)10-17(16)19/h6-7,10,13-14,20H,3-5,8-9,11-12H2,1-2H3. The van der Waals surface area contributed by atoms with Gasteiger partial charge in [0.15, 0.2) is 0 Å². The third-order valence-corrected chi connectivity index (χ3v) is 5.04. The largest absolute Gasteiger partial charge is 0.310 e. The first kappa shape index (κ1) is 17.3. The van der Waals surface area contributed by atoms with Crippen molar-refractivity contribution < 1.29 is 0 Å². The van der Waals surface area contributed by atoms with Crippen LogP contribution in [0.4, 0.5) is 0 Å². The molecule has 0 bridgehead atoms. The number of rotatable bonds is 6. The zero-order valence-corrected chi connectivity index (χ0v) is 15.4. The second kappa shape index (κ2) is 8.52. The van der Waals surface area contributed by atoms with Gasteiger partial charge in [-0.1, -0.05) is 46.9 Å². The van der Waals surface area contributed by atoms with Gasteiger partial charge in [-0.15, -0.1) is 0 Å². The third kappa shape index (κ3) is 5.55. The van der Waals surface area contributed by atoms with Gasteiger partial charge in [0.1, 0.15) is 0 Å². The molecule has 2 atom stereocenters. The third-order valence-electron chi connectivity index (χ3n) is 4.22. The lowest BCUT2D eigenvalue weighted by molar-refractivity contribution is 0.197. The fourth-order valence-electron chi connectivity index (χ4n) is 2.99. The summed E-state index contributed by atoms with van der Waals surface area (Å²) in [6.07, 6.45) is 4.14. The highest BCUT2D eigenvalue weighted by Gasteiger charge is 2.15. The van der Waals surface area contributed by atoms with Crippen molar-refractivity contribution in [2.75, 3.05) is 26.2 Å². The van der Waals surface area contributed by atoms with Gasteiger partial charge in [0.05, 0.1) is 0 Å². The first-order valence-corrected chi connectivity index (χ1v) is 9.14. The zero-order chi connectivity index (χ0) is 15.2. The van der Waals surface area contributed by atoms with Crippen molar-refractivity contribution >= 4 is 27.5 Å². The monoisotopic (exact) mass is 372 g/mol. The van der Waals surface area contributed by atoms with Crippen LogP contribution in [0.3, 0.4) is 0 Å². The number of halogens is 2. The molecule has 0 saturated carbocycles. The lowest BCUT2D eigenvalue weighted by Crippen LogP contribution is -2.37. The Hall–Kier alpha value is -0.0900. The van der Waals surface area contributed by atoms with Crippen molar-refractivity contribution in [1.82, 2.24) is 10.2 Å². The summed E-state index contributed by atoms with van der Waals surface area (Å²) in [5, 5.41) is 4.45. The van der Waals surface area contributed by atoms with Crippen LogP contribution in [0.2, 0.25) is 5.02 Å². The number of likely N-dealkylation sites (tertiary alicyclic amines) is 1. The summed E-state index contributed by atoms with van der Waals surface area (Å²) in [6.45, 7) is 9.30. The van der Waals surface area contributed by atoms with Crippen LogP contribution in [0.1, 0.15) is 44.7 Å². The van der Waals surface area contributed by atoms with E-state index >= 15 is 0 Å². The molecular weight excluding hydrogens is 348 g/mol. The van der Waals surface area contributed by atoms with E-state index in [-0.39, 0.29) is 6.04 Å². The fraction of sp³-hybridized carbons (Fsp3) is 0.647. The smallest absolute Gasteiger partial charge is 0.0464 e. The molecule has 2 rings (SSSR count). The molecule has 1 heterocycles. The number of piperidine rings is 1. The summed E-state index contributed by atoms with van der Waals surface area (Å²) in [5.41, 5.74) is 1.17. The molecule has 21 heavy (non-hydrogen) atoms. The summed E-state index contributed by atoms with van der Waals surface area (Å²) in [7, 11) is 0. The Labute approximate surface area is 142 Å². The van der Waals surface area contributed by atoms with Gasteiger partial charge in [-0.05, 0) is 63.0 Å². The van der Waals surface area contributed by atoms with Crippen LogP contribution in [0.25, 0.3) is 0 Å². The Bertz CT molecular complexity index is 446. The molecule has 2 nitrogen and oxygen atoms in total. The Kier molecular flexibility index (Phi) is 7.00. The molecule has 1 N–H and O–H groups in total. The molecule has 1 saturated heterocycles. The molecular formula is C17H26BrClN2. The van der Waals surface area contributed by atoms with Crippen molar-refractivity contribution in [1.29, 1.82) is 0 Å². The van der Waals surface area contributed by atoms with Crippen LogP contribution in [0.5, 0.6) is 0 Å². The van der Waals surface area contributed by atoms with Gasteiger partial charge < -0.3 is 10.2 Å². The average Bonchev–Trinajstić information content (AvgIpc) is 2.46. The predicted octanol–water partition coefficient (Wildman–Crippen LogP) is 4.88. The summed E-state index contributed by atoms with van der Waals surface area (Å²) in [5.74, 6) is 0.666. The van der Waals surface area contributed by atoms with Crippen molar-refractivity contribution in [3.05, 3.63) is 33.3 Å². The molecule has 2 unspecified atom stereocenters. The van der Waals surface area contributed by atoms with E-state index in [1.165, 1.54) is 44.5 Å². The van der Waals surface area contributed by atoms with Crippen LogP contribution < -0.4 is 5.32 Å². The van der Waals surface area contributed by atoms with Crippen molar-refractivity contribution in [2.24, 2.45) is 5.92 Å². The van der Waals surface area contributed by atoms with E-state index in [1.807, 2.05) is 6.07 Å². The molecule has 0 amide bonds. The number of nitrogens with one attached hydrogen (secondary N) is 1. The molecule has 0 aliphatic carbocycles. The average molecular weight is 374 g/mol. The minimum Gasteiger partial charge on any atom is -0.310 e. The Balaban J connectivity index is 1.78. The minimum atomic E-state index is 0.286. The maximum Gasteiger partial charge on any atom is 0.0464 e. The Morgan fingerprint density at radius 3 is 2.62 bits per heavy atom. The molecule has 0 aromatic heterocycles. The number of hydrogen-bond donors (Lipinski definition) is 1. The Morgan fingerprint density at radius 2 is 1.95 bits per heavy atom. The van der Waals surface area contributed by atoms with E-state index in [4.69, 9.17) is 11.6 Å². The fourth-order valence-corrected chi connectivity index (χ4v) is 3.82. The van der Waals surface area contributed by atoms with Crippen LogP contribution in [0.15, 0.2) is 22.7 Å². The zero-order valence-electron chi connectivity index (χ0n) is 13.0. The molecule has 0 spiro atoms. The van der Waals surface area contributed by atoms with Gasteiger partial charge in [-0.25, -0.2) is 0 Å². The molecule has 1 aliphatic rings. The second-order valence-electron chi connectivity index (χ2n) is 6.26. The quantitative estimate of drug-likeness (QED) is 0.765. The van der Waals surface area contributed by atoms with E-state index in [9.17, 15) is 0 Å². The maximum absolute atomic E-state index is 6.32. The number of benzene rings is 1. The highest BCUT2D eigenvalue weighted by Crippen LogP contribution is 2.26. The predicted molar refractivity (Wildman–Crippen MR) is 95.0 cm³/mol. The van der Waals surface area contributed by atoms with E-state index in [2.05, 4.69) is 52.1 Å². The van der Waals surface area contributed by atoms with Crippen molar-refractivity contribution in [3.8, 4) is 0 Å². The summed E-state index contributed by atoms with van der Waals surface area (Å²) < 4.78 is 1.03. The lowest BCUT2D eigenvalue weighted by Gasteiger charge is -2.29. The second-order valence-corrected chi connectivity index (χ2v) is 7.59. The summed E-state index contributed by atoms with van der Waals surface area (Å²) >= 11 is 9.77. The molecule has 118 valence electrons. The van der Waals surface area contributed by atoms with Crippen molar-refractivity contribution in [3.63, 3.8) is 0 Å². The van der Waals surface area contributed by atoms with E-state index in [0.29, 0.717) is 5.92 Å².